The normalized spacial score (nSPS) is 14.9. The van der Waals surface area contributed by atoms with Gasteiger partial charge in [-0.25, -0.2) is 4.99 Å². The molecule has 0 saturated carbocycles. The maximum absolute atomic E-state index is 5.49. The lowest BCUT2D eigenvalue weighted by Gasteiger charge is -2.27. The second kappa shape index (κ2) is 11.0. The molecular weight excluding hydrogens is 641 g/mol. The molecule has 5 heteroatoms. The topological polar surface area (TPSA) is 34.2 Å². The summed E-state index contributed by atoms with van der Waals surface area (Å²) in [6.07, 6.45) is 1.80. The van der Waals surface area contributed by atoms with Gasteiger partial charge in [-0.1, -0.05) is 127 Å². The van der Waals surface area contributed by atoms with Gasteiger partial charge in [0.15, 0.2) is 0 Å². The molecule has 1 aliphatic heterocycles. The molecule has 11 rings (SSSR count). The molecular formula is C46H30N4S. The first-order chi connectivity index (χ1) is 25.3. The maximum Gasteiger partial charge on any atom is 0.201 e. The Bertz CT molecular complexity index is 3040. The van der Waals surface area contributed by atoms with Gasteiger partial charge >= 0.3 is 0 Å². The fourth-order valence-electron chi connectivity index (χ4n) is 8.17. The molecule has 1 N–H and O–H groups in total. The summed E-state index contributed by atoms with van der Waals surface area (Å²) in [4.78, 5) is 5.49. The minimum absolute atomic E-state index is 0.387. The predicted octanol–water partition coefficient (Wildman–Crippen LogP) is 11.8. The lowest BCUT2D eigenvalue weighted by Crippen LogP contribution is -2.29. The van der Waals surface area contributed by atoms with Gasteiger partial charge in [0.05, 0.1) is 27.8 Å². The zero-order valence-electron chi connectivity index (χ0n) is 27.5. The molecule has 51 heavy (non-hydrogen) atoms. The Kier molecular flexibility index (Phi) is 6.15. The van der Waals surface area contributed by atoms with Crippen LogP contribution in [0.1, 0.15) is 17.4 Å². The minimum atomic E-state index is -0.387. The smallest absolute Gasteiger partial charge is 0.201 e. The van der Waals surface area contributed by atoms with Crippen LogP contribution < -0.4 is 5.32 Å². The van der Waals surface area contributed by atoms with E-state index in [4.69, 9.17) is 4.99 Å². The van der Waals surface area contributed by atoms with Crippen LogP contribution >= 0.6 is 11.3 Å². The highest BCUT2D eigenvalue weighted by Gasteiger charge is 2.27. The van der Waals surface area contributed by atoms with Crippen LogP contribution in [0.5, 0.6) is 0 Å². The quantitative estimate of drug-likeness (QED) is 0.199. The molecule has 1 atom stereocenters. The highest BCUT2D eigenvalue weighted by Crippen LogP contribution is 2.47. The molecule has 0 saturated heterocycles. The maximum atomic E-state index is 5.49. The van der Waals surface area contributed by atoms with Crippen LogP contribution in [-0.4, -0.2) is 14.8 Å². The van der Waals surface area contributed by atoms with E-state index in [-0.39, 0.29) is 6.29 Å². The summed E-state index contributed by atoms with van der Waals surface area (Å²) in [7, 11) is 0. The van der Waals surface area contributed by atoms with Gasteiger partial charge in [0, 0.05) is 53.1 Å². The number of thiophene rings is 1. The molecule has 0 aliphatic carbocycles. The first-order valence-corrected chi connectivity index (χ1v) is 18.2. The average molecular weight is 671 g/mol. The Morgan fingerprint density at radius 1 is 0.490 bits per heavy atom. The first-order valence-electron chi connectivity index (χ1n) is 17.3. The van der Waals surface area contributed by atoms with E-state index in [1.807, 2.05) is 11.3 Å². The number of allylic oxidation sites excluding steroid dienone is 1. The number of para-hydroxylation sites is 3. The Labute approximate surface area is 297 Å². The number of aromatic nitrogens is 2. The first kappa shape index (κ1) is 28.4. The van der Waals surface area contributed by atoms with Crippen LogP contribution in [0.4, 0.5) is 0 Å². The van der Waals surface area contributed by atoms with Crippen molar-refractivity contribution < 1.29 is 0 Å². The van der Waals surface area contributed by atoms with Crippen LogP contribution in [-0.2, 0) is 0 Å². The van der Waals surface area contributed by atoms with Gasteiger partial charge in [-0.15, -0.1) is 11.3 Å². The number of hydrogen-bond donors (Lipinski definition) is 1. The fraction of sp³-hybridized carbons (Fsp3) is 0.0217. The Morgan fingerprint density at radius 3 is 1.75 bits per heavy atom. The van der Waals surface area contributed by atoms with Gasteiger partial charge in [0.2, 0.25) is 6.29 Å². The van der Waals surface area contributed by atoms with E-state index in [1.165, 1.54) is 58.3 Å². The van der Waals surface area contributed by atoms with E-state index in [9.17, 15) is 0 Å². The summed E-state index contributed by atoms with van der Waals surface area (Å²) < 4.78 is 7.45. The molecule has 1 unspecified atom stereocenters. The van der Waals surface area contributed by atoms with Crippen LogP contribution in [0.2, 0.25) is 0 Å². The van der Waals surface area contributed by atoms with Crippen LogP contribution in [0.3, 0.4) is 0 Å². The van der Waals surface area contributed by atoms with Crippen LogP contribution in [0.25, 0.3) is 75.2 Å². The minimum Gasteiger partial charge on any atom is -0.346 e. The van der Waals surface area contributed by atoms with Crippen molar-refractivity contribution in [2.75, 3.05) is 0 Å². The van der Waals surface area contributed by atoms with E-state index in [0.29, 0.717) is 0 Å². The summed E-state index contributed by atoms with van der Waals surface area (Å²) in [6, 6.07) is 58.8. The van der Waals surface area contributed by atoms with E-state index in [0.717, 1.165) is 33.7 Å². The highest BCUT2D eigenvalue weighted by molar-refractivity contribution is 7.26. The molecule has 3 aromatic heterocycles. The third kappa shape index (κ3) is 4.22. The van der Waals surface area contributed by atoms with Gasteiger partial charge < -0.3 is 14.5 Å². The van der Waals surface area contributed by atoms with E-state index >= 15 is 0 Å². The SMILES string of the molecule is C1=C(c2ccccc2)NC(n2c3ccccc3c3ccc4sc5ccc6c7ccccc7n(-c7ccccc7)c6c5c4c32)N=C1c1ccccc1. The summed E-state index contributed by atoms with van der Waals surface area (Å²) in [5.41, 5.74) is 10.2. The molecule has 4 heterocycles. The average Bonchev–Trinajstić information content (AvgIpc) is 3.86. The second-order valence-corrected chi connectivity index (χ2v) is 14.3. The molecule has 10 aromatic rings. The summed E-state index contributed by atoms with van der Waals surface area (Å²) in [6.45, 7) is 0. The molecule has 1 aliphatic rings. The third-order valence-corrected chi connectivity index (χ3v) is 11.5. The Morgan fingerprint density at radius 2 is 1.04 bits per heavy atom. The van der Waals surface area contributed by atoms with Crippen molar-refractivity contribution in [3.05, 3.63) is 181 Å². The number of benzene rings is 7. The largest absolute Gasteiger partial charge is 0.346 e. The lowest BCUT2D eigenvalue weighted by atomic mass is 10.0. The van der Waals surface area contributed by atoms with E-state index in [1.54, 1.807) is 0 Å². The summed E-state index contributed by atoms with van der Waals surface area (Å²) in [5.74, 6) is 0. The Hall–Kier alpha value is -6.43. The zero-order valence-corrected chi connectivity index (χ0v) is 28.3. The predicted molar refractivity (Wildman–Crippen MR) is 216 cm³/mol. The van der Waals surface area contributed by atoms with Crippen molar-refractivity contribution in [3.8, 4) is 5.69 Å². The van der Waals surface area contributed by atoms with Crippen molar-refractivity contribution in [3.63, 3.8) is 0 Å². The standard InChI is InChI=1S/C46H30N4S/c1-4-14-29(15-5-1)36-28-37(30-16-6-2-7-17-30)48-46(47-36)50-39-23-13-11-21-33(39)35-25-27-41-43(45(35)50)42-40(51-41)26-24-34-32-20-10-12-22-38(32)49(44(34)42)31-18-8-3-9-19-31/h1-28,46-47H. The molecule has 0 bridgehead atoms. The van der Waals surface area contributed by atoms with Crippen molar-refractivity contribution in [1.29, 1.82) is 0 Å². The Balaban J connectivity index is 1.29. The number of hydrogen-bond acceptors (Lipinski definition) is 3. The fourth-order valence-corrected chi connectivity index (χ4v) is 9.29. The number of nitrogens with zero attached hydrogens (tertiary/aromatic N) is 3. The van der Waals surface area contributed by atoms with Gasteiger partial charge in [-0.3, -0.25) is 0 Å². The number of rotatable bonds is 4. The number of fused-ring (bicyclic) bond motifs is 11. The zero-order chi connectivity index (χ0) is 33.5. The summed E-state index contributed by atoms with van der Waals surface area (Å²) in [5, 5.41) is 11.4. The van der Waals surface area contributed by atoms with Crippen LogP contribution in [0, 0.1) is 0 Å². The van der Waals surface area contributed by atoms with E-state index in [2.05, 4.69) is 184 Å². The number of nitrogens with one attached hydrogen (secondary N) is 1. The van der Waals surface area contributed by atoms with Gasteiger partial charge in [0.25, 0.3) is 0 Å². The van der Waals surface area contributed by atoms with Gasteiger partial charge in [-0.05, 0) is 53.6 Å². The molecule has 0 fully saturated rings. The van der Waals surface area contributed by atoms with Crippen LogP contribution in [0.15, 0.2) is 175 Å². The van der Waals surface area contributed by atoms with E-state index < -0.39 is 0 Å². The molecule has 240 valence electrons. The monoisotopic (exact) mass is 670 g/mol. The molecule has 0 radical (unpaired) electrons. The summed E-state index contributed by atoms with van der Waals surface area (Å²) >= 11 is 1.87. The highest BCUT2D eigenvalue weighted by atomic mass is 32.1. The van der Waals surface area contributed by atoms with Crippen molar-refractivity contribution >= 4 is 86.5 Å². The molecule has 4 nitrogen and oxygen atoms in total. The van der Waals surface area contributed by atoms with Gasteiger partial charge in [0.1, 0.15) is 0 Å². The molecule has 7 aromatic carbocycles. The number of aliphatic imine (C=N–C) groups is 1. The third-order valence-electron chi connectivity index (χ3n) is 10.3. The molecule has 0 spiro atoms. The lowest BCUT2D eigenvalue weighted by molar-refractivity contribution is 0.509. The van der Waals surface area contributed by atoms with Gasteiger partial charge in [-0.2, -0.15) is 0 Å². The molecule has 0 amide bonds. The van der Waals surface area contributed by atoms with Crippen molar-refractivity contribution in [2.24, 2.45) is 4.99 Å². The van der Waals surface area contributed by atoms with Crippen molar-refractivity contribution in [2.45, 2.75) is 6.29 Å². The second-order valence-electron chi connectivity index (χ2n) is 13.2. The van der Waals surface area contributed by atoms with Crippen molar-refractivity contribution in [1.82, 2.24) is 14.5 Å².